The van der Waals surface area contributed by atoms with E-state index in [0.29, 0.717) is 0 Å². The molecule has 0 bridgehead atoms. The van der Waals surface area contributed by atoms with E-state index in [1.54, 1.807) is 0 Å². The molecule has 0 amide bonds. The highest BCUT2D eigenvalue weighted by molar-refractivity contribution is 7.95. The van der Waals surface area contributed by atoms with Gasteiger partial charge in [-0.3, -0.25) is 0 Å². The Bertz CT molecular complexity index is 513. The Balaban J connectivity index is 5.41. The highest BCUT2D eigenvalue weighted by Gasteiger charge is 2.30. The fourth-order valence-corrected chi connectivity index (χ4v) is 6.73. The second kappa shape index (κ2) is 29.9. The van der Waals surface area contributed by atoms with Gasteiger partial charge in [-0.2, -0.15) is 0 Å². The van der Waals surface area contributed by atoms with Crippen molar-refractivity contribution in [1.29, 1.82) is 0 Å². The van der Waals surface area contributed by atoms with E-state index in [1.807, 2.05) is 0 Å². The van der Waals surface area contributed by atoms with Crippen LogP contribution in [-0.4, -0.2) is 71.1 Å². The first-order chi connectivity index (χ1) is 19.0. The van der Waals surface area contributed by atoms with Crippen LogP contribution in [0.4, 0.5) is 0 Å². The maximum absolute atomic E-state index is 6.32. The normalized spacial score (nSPS) is 16.6. The summed E-state index contributed by atoms with van der Waals surface area (Å²) in [5.41, 5.74) is 0. The quantitative estimate of drug-likeness (QED) is 0.0685. The van der Waals surface area contributed by atoms with Gasteiger partial charge in [0.15, 0.2) is 0 Å². The first kappa shape index (κ1) is 40.9. The summed E-state index contributed by atoms with van der Waals surface area (Å²) in [5.74, 6) is 5.53. The average molecular weight is 669 g/mol. The fourth-order valence-electron chi connectivity index (χ4n) is 3.61. The lowest BCUT2D eigenvalue weighted by molar-refractivity contribution is 0.0340. The van der Waals surface area contributed by atoms with Crippen molar-refractivity contribution in [2.75, 3.05) is 34.5 Å². The van der Waals surface area contributed by atoms with Crippen LogP contribution in [0.1, 0.15) is 100 Å². The summed E-state index contributed by atoms with van der Waals surface area (Å²) < 4.78 is 37.1. The van der Waals surface area contributed by atoms with Crippen molar-refractivity contribution in [2.45, 2.75) is 137 Å². The third-order valence-electron chi connectivity index (χ3n) is 5.52. The Kier molecular flexibility index (Phi) is 31.3. The topological polar surface area (TPSA) is 55.4 Å². The molecule has 0 aromatic carbocycles. The highest BCUT2D eigenvalue weighted by atomic mass is 32.2. The van der Waals surface area contributed by atoms with Crippen molar-refractivity contribution in [3.63, 3.8) is 0 Å². The van der Waals surface area contributed by atoms with E-state index in [-0.39, 0.29) is 36.6 Å². The molecule has 0 aromatic rings. The van der Waals surface area contributed by atoms with Crippen molar-refractivity contribution in [2.24, 2.45) is 0 Å². The van der Waals surface area contributed by atoms with Crippen LogP contribution in [0, 0.1) is 0 Å². The Morgan fingerprint density at radius 2 is 0.821 bits per heavy atom. The van der Waals surface area contributed by atoms with Crippen molar-refractivity contribution >= 4 is 72.3 Å². The SMILES string of the molecule is CCSOC(C)CCC(OSCC)C(CCCC(OSCC)C(CC(CC)OSCC)OSCC)OSCC. The van der Waals surface area contributed by atoms with Crippen LogP contribution >= 0.6 is 72.3 Å². The Morgan fingerprint density at radius 1 is 0.436 bits per heavy atom. The van der Waals surface area contributed by atoms with E-state index < -0.39 is 0 Å². The molecule has 236 valence electrons. The molecule has 12 heteroatoms. The van der Waals surface area contributed by atoms with Gasteiger partial charge in [-0.05, 0) is 118 Å². The lowest BCUT2D eigenvalue weighted by Gasteiger charge is -2.30. The van der Waals surface area contributed by atoms with E-state index in [4.69, 9.17) is 25.1 Å². The summed E-state index contributed by atoms with van der Waals surface area (Å²) >= 11 is 9.16. The molecule has 0 radical (unpaired) electrons. The van der Waals surface area contributed by atoms with E-state index in [1.165, 1.54) is 72.3 Å². The third-order valence-corrected chi connectivity index (χ3v) is 9.35. The standard InChI is InChI=1S/C27H56O6S6/c1-9-23(29-35-11-3)21-27(33-39-15-7)25(31-37-13-5)18-16-17-24(30-36-12-4)26(32-38-14-6)20-19-22(8)28-34-10-2/h22-27H,9-21H2,1-8H3. The van der Waals surface area contributed by atoms with Crippen molar-refractivity contribution in [3.05, 3.63) is 0 Å². The molecule has 0 fully saturated rings. The molecule has 0 saturated carbocycles. The molecule has 6 nitrogen and oxygen atoms in total. The molecule has 0 rings (SSSR count). The average Bonchev–Trinajstić information content (AvgIpc) is 2.95. The molecule has 6 unspecified atom stereocenters. The molecule has 6 atom stereocenters. The van der Waals surface area contributed by atoms with Gasteiger partial charge in [0, 0.05) is 40.9 Å². The van der Waals surface area contributed by atoms with Crippen LogP contribution in [-0.2, 0) is 25.1 Å². The maximum atomic E-state index is 6.32. The predicted molar refractivity (Wildman–Crippen MR) is 182 cm³/mol. The van der Waals surface area contributed by atoms with Crippen LogP contribution in [0.25, 0.3) is 0 Å². The summed E-state index contributed by atoms with van der Waals surface area (Å²) in [4.78, 5) is 0. The molecule has 0 saturated heterocycles. The van der Waals surface area contributed by atoms with Gasteiger partial charge >= 0.3 is 0 Å². The molecule has 0 aromatic heterocycles. The minimum absolute atomic E-state index is 0.0107. The largest absolute Gasteiger partial charge is 0.312 e. The molecular weight excluding hydrogens is 613 g/mol. The maximum Gasteiger partial charge on any atom is 0.102 e. The summed E-state index contributed by atoms with van der Waals surface area (Å²) in [6.45, 7) is 17.0. The van der Waals surface area contributed by atoms with Crippen LogP contribution < -0.4 is 0 Å². The van der Waals surface area contributed by atoms with Crippen molar-refractivity contribution in [3.8, 4) is 0 Å². The van der Waals surface area contributed by atoms with Crippen molar-refractivity contribution in [1.82, 2.24) is 0 Å². The smallest absolute Gasteiger partial charge is 0.102 e. The molecule has 0 aliphatic heterocycles. The molecule has 0 spiro atoms. The summed E-state index contributed by atoms with van der Waals surface area (Å²) in [6.07, 6.45) is 6.71. The molecule has 0 aliphatic carbocycles. The van der Waals surface area contributed by atoms with Gasteiger partial charge in [0.25, 0.3) is 0 Å². The predicted octanol–water partition coefficient (Wildman–Crippen LogP) is 10.1. The van der Waals surface area contributed by atoms with Crippen LogP contribution in [0.2, 0.25) is 0 Å². The lowest BCUT2D eigenvalue weighted by atomic mass is 9.97. The van der Waals surface area contributed by atoms with Crippen LogP contribution in [0.15, 0.2) is 0 Å². The first-order valence-electron chi connectivity index (χ1n) is 14.7. The van der Waals surface area contributed by atoms with Gasteiger partial charge in [-0.1, -0.05) is 48.5 Å². The van der Waals surface area contributed by atoms with Gasteiger partial charge in [0.05, 0.1) is 30.5 Å². The number of hydrogen-bond acceptors (Lipinski definition) is 12. The minimum Gasteiger partial charge on any atom is -0.312 e. The van der Waals surface area contributed by atoms with Crippen molar-refractivity contribution < 1.29 is 25.1 Å². The summed E-state index contributed by atoms with van der Waals surface area (Å²) in [7, 11) is 0. The molecular formula is C27H56O6S6. The Morgan fingerprint density at radius 3 is 1.28 bits per heavy atom. The Hall–Kier alpha value is 1.86. The van der Waals surface area contributed by atoms with Crippen LogP contribution in [0.5, 0.6) is 0 Å². The monoisotopic (exact) mass is 668 g/mol. The molecule has 0 heterocycles. The van der Waals surface area contributed by atoms with Gasteiger partial charge in [0.1, 0.15) is 6.10 Å². The molecule has 0 N–H and O–H groups in total. The van der Waals surface area contributed by atoms with E-state index in [9.17, 15) is 0 Å². The molecule has 39 heavy (non-hydrogen) atoms. The zero-order valence-electron chi connectivity index (χ0n) is 25.6. The third kappa shape index (κ3) is 22.1. The zero-order chi connectivity index (χ0) is 29.1. The number of rotatable bonds is 30. The lowest BCUT2D eigenvalue weighted by Crippen LogP contribution is -2.34. The second-order valence-electron chi connectivity index (χ2n) is 8.76. The van der Waals surface area contributed by atoms with Gasteiger partial charge in [-0.15, -0.1) is 0 Å². The van der Waals surface area contributed by atoms with Gasteiger partial charge in [-0.25, -0.2) is 0 Å². The first-order valence-corrected chi connectivity index (χ1v) is 20.2. The highest BCUT2D eigenvalue weighted by Crippen LogP contribution is 2.30. The fraction of sp³-hybridized carbons (Fsp3) is 1.00. The van der Waals surface area contributed by atoms with E-state index >= 15 is 0 Å². The summed E-state index contributed by atoms with van der Waals surface area (Å²) in [6, 6.07) is 0. The van der Waals surface area contributed by atoms with E-state index in [0.717, 1.165) is 79.5 Å². The minimum atomic E-state index is -0.0300. The Labute approximate surface area is 267 Å². The zero-order valence-corrected chi connectivity index (χ0v) is 30.5. The van der Waals surface area contributed by atoms with Gasteiger partial charge in [0.2, 0.25) is 0 Å². The summed E-state index contributed by atoms with van der Waals surface area (Å²) in [5, 5.41) is 0. The number of hydrogen-bond donors (Lipinski definition) is 0. The second-order valence-corrected chi connectivity index (χ2v) is 14.8. The van der Waals surface area contributed by atoms with Crippen LogP contribution in [0.3, 0.4) is 0 Å². The molecule has 0 aliphatic rings. The van der Waals surface area contributed by atoms with Gasteiger partial charge < -0.3 is 25.1 Å². The van der Waals surface area contributed by atoms with E-state index in [2.05, 4.69) is 55.4 Å².